The van der Waals surface area contributed by atoms with E-state index in [0.717, 1.165) is 5.56 Å². The molecule has 0 amide bonds. The van der Waals surface area contributed by atoms with Crippen molar-refractivity contribution in [1.82, 2.24) is 0 Å². The summed E-state index contributed by atoms with van der Waals surface area (Å²) in [7, 11) is 1.29. The molecular formula is C14H18O5S. The number of aryl methyl sites for hydroxylation is 1. The molecule has 0 bridgehead atoms. The van der Waals surface area contributed by atoms with Gasteiger partial charge in [-0.2, -0.15) is 0 Å². The second-order valence-corrected chi connectivity index (χ2v) is 5.31. The summed E-state index contributed by atoms with van der Waals surface area (Å²) in [6.45, 7) is 0. The highest BCUT2D eigenvalue weighted by Crippen LogP contribution is 2.04. The first-order valence-electron chi connectivity index (χ1n) is 6.32. The van der Waals surface area contributed by atoms with Crippen LogP contribution >= 0.6 is 0 Å². The molecule has 0 saturated carbocycles. The topological polar surface area (TPSA) is 69.7 Å². The van der Waals surface area contributed by atoms with Gasteiger partial charge in [-0.15, -0.1) is 0 Å². The molecule has 0 N–H and O–H groups in total. The van der Waals surface area contributed by atoms with Gasteiger partial charge in [0.1, 0.15) is 0 Å². The molecular weight excluding hydrogens is 280 g/mol. The summed E-state index contributed by atoms with van der Waals surface area (Å²) in [6, 6.07) is 9.56. The van der Waals surface area contributed by atoms with Gasteiger partial charge in [-0.3, -0.25) is 9.59 Å². The van der Waals surface area contributed by atoms with E-state index in [2.05, 4.69) is 4.74 Å². The number of carbonyl (C=O) groups is 2. The van der Waals surface area contributed by atoms with Crippen LogP contribution in [0.4, 0.5) is 0 Å². The van der Waals surface area contributed by atoms with Gasteiger partial charge in [0.05, 0.1) is 12.9 Å². The van der Waals surface area contributed by atoms with Crippen LogP contribution in [0, 0.1) is 0 Å². The molecule has 1 aromatic rings. The summed E-state index contributed by atoms with van der Waals surface area (Å²) in [4.78, 5) is 22.2. The van der Waals surface area contributed by atoms with Gasteiger partial charge in [0.2, 0.25) is 11.1 Å². The molecule has 5 nitrogen and oxygen atoms in total. The van der Waals surface area contributed by atoms with Crippen molar-refractivity contribution in [3.8, 4) is 0 Å². The molecule has 1 unspecified atom stereocenters. The first-order chi connectivity index (χ1) is 9.61. The van der Waals surface area contributed by atoms with Crippen molar-refractivity contribution in [2.45, 2.75) is 25.7 Å². The van der Waals surface area contributed by atoms with E-state index >= 15 is 0 Å². The van der Waals surface area contributed by atoms with Crippen molar-refractivity contribution in [2.24, 2.45) is 0 Å². The van der Waals surface area contributed by atoms with E-state index in [1.807, 2.05) is 30.3 Å². The first kappa shape index (κ1) is 16.4. The molecule has 0 aliphatic rings. The Kier molecular flexibility index (Phi) is 7.57. The molecule has 110 valence electrons. The Morgan fingerprint density at radius 1 is 1.10 bits per heavy atom. The van der Waals surface area contributed by atoms with Gasteiger partial charge in [-0.1, -0.05) is 30.3 Å². The Morgan fingerprint density at radius 3 is 2.40 bits per heavy atom. The third-order valence-electron chi connectivity index (χ3n) is 2.58. The number of benzene rings is 1. The Hall–Kier alpha value is -1.69. The predicted octanol–water partition coefficient (Wildman–Crippen LogP) is 1.78. The van der Waals surface area contributed by atoms with Crippen LogP contribution in [0.2, 0.25) is 0 Å². The number of rotatable bonds is 8. The Morgan fingerprint density at radius 2 is 1.75 bits per heavy atom. The fourth-order valence-corrected chi connectivity index (χ4v) is 2.29. The quantitative estimate of drug-likeness (QED) is 0.684. The molecule has 0 radical (unpaired) electrons. The fraction of sp³-hybridized carbons (Fsp3) is 0.429. The van der Waals surface area contributed by atoms with Gasteiger partial charge in [0, 0.05) is 12.8 Å². The molecule has 0 heterocycles. The number of methoxy groups -OCH3 is 1. The van der Waals surface area contributed by atoms with E-state index in [-0.39, 0.29) is 24.6 Å². The predicted molar refractivity (Wildman–Crippen MR) is 75.1 cm³/mol. The summed E-state index contributed by atoms with van der Waals surface area (Å²) >= 11 is -1.63. The summed E-state index contributed by atoms with van der Waals surface area (Å²) in [5.41, 5.74) is 1.04. The normalized spacial score (nSPS) is 11.7. The third-order valence-corrected chi connectivity index (χ3v) is 3.48. The lowest BCUT2D eigenvalue weighted by Gasteiger charge is -2.04. The number of hydrogen-bond acceptors (Lipinski definition) is 5. The van der Waals surface area contributed by atoms with E-state index in [1.165, 1.54) is 7.11 Å². The maximum atomic E-state index is 11.6. The molecule has 6 heteroatoms. The zero-order chi connectivity index (χ0) is 14.8. The van der Waals surface area contributed by atoms with Gasteiger partial charge in [0.25, 0.3) is 0 Å². The standard InChI is InChI=1S/C14H18O5S/c1-18-13(15)8-5-9-14(16)19-20(17)11-10-12-6-3-2-4-7-12/h2-4,6-7H,5,8-11H2,1H3. The van der Waals surface area contributed by atoms with Crippen molar-refractivity contribution in [1.29, 1.82) is 0 Å². The monoisotopic (exact) mass is 298 g/mol. The molecule has 1 atom stereocenters. The Labute approximate surface area is 120 Å². The van der Waals surface area contributed by atoms with Crippen molar-refractivity contribution in [3.05, 3.63) is 35.9 Å². The lowest BCUT2D eigenvalue weighted by molar-refractivity contribution is -0.141. The Bertz CT molecular complexity index is 458. The molecule has 0 aliphatic carbocycles. The van der Waals surface area contributed by atoms with Crippen LogP contribution in [0.3, 0.4) is 0 Å². The minimum absolute atomic E-state index is 0.0617. The Balaban J connectivity index is 2.18. The molecule has 1 rings (SSSR count). The van der Waals surface area contributed by atoms with Gasteiger partial charge in [-0.05, 0) is 18.4 Å². The maximum absolute atomic E-state index is 11.6. The van der Waals surface area contributed by atoms with Crippen molar-refractivity contribution in [3.63, 3.8) is 0 Å². The lowest BCUT2D eigenvalue weighted by atomic mass is 10.2. The van der Waals surface area contributed by atoms with E-state index in [1.54, 1.807) is 0 Å². The molecule has 0 aromatic heterocycles. The van der Waals surface area contributed by atoms with Crippen molar-refractivity contribution >= 4 is 23.0 Å². The van der Waals surface area contributed by atoms with Crippen LogP contribution in [-0.2, 0) is 36.0 Å². The average Bonchev–Trinajstić information content (AvgIpc) is 2.46. The average molecular weight is 298 g/mol. The fourth-order valence-electron chi connectivity index (χ4n) is 1.51. The molecule has 0 saturated heterocycles. The van der Waals surface area contributed by atoms with Crippen LogP contribution in [0.15, 0.2) is 30.3 Å². The van der Waals surface area contributed by atoms with Gasteiger partial charge >= 0.3 is 11.9 Å². The van der Waals surface area contributed by atoms with Crippen LogP contribution in [-0.4, -0.2) is 29.0 Å². The largest absolute Gasteiger partial charge is 0.469 e. The summed E-state index contributed by atoms with van der Waals surface area (Å²) in [5, 5.41) is 0. The van der Waals surface area contributed by atoms with Gasteiger partial charge < -0.3 is 8.92 Å². The third kappa shape index (κ3) is 7.04. The van der Waals surface area contributed by atoms with Gasteiger partial charge in [0.15, 0.2) is 0 Å². The zero-order valence-electron chi connectivity index (χ0n) is 11.4. The first-order valence-corrected chi connectivity index (χ1v) is 7.56. The summed E-state index contributed by atoms with van der Waals surface area (Å²) in [5.74, 6) is -0.657. The lowest BCUT2D eigenvalue weighted by Crippen LogP contribution is -2.12. The molecule has 20 heavy (non-hydrogen) atoms. The van der Waals surface area contributed by atoms with Gasteiger partial charge in [-0.25, -0.2) is 4.21 Å². The van der Waals surface area contributed by atoms with Crippen molar-refractivity contribution < 1.29 is 22.7 Å². The number of ether oxygens (including phenoxy) is 1. The highest BCUT2D eigenvalue weighted by atomic mass is 32.2. The molecule has 0 aliphatic heterocycles. The molecule has 0 spiro atoms. The second-order valence-electron chi connectivity index (χ2n) is 4.13. The smallest absolute Gasteiger partial charge is 0.320 e. The molecule has 0 fully saturated rings. The van der Waals surface area contributed by atoms with E-state index in [9.17, 15) is 13.8 Å². The number of hydrogen-bond donors (Lipinski definition) is 0. The van der Waals surface area contributed by atoms with E-state index < -0.39 is 17.0 Å². The maximum Gasteiger partial charge on any atom is 0.320 e. The number of carbonyl (C=O) groups excluding carboxylic acids is 2. The second kappa shape index (κ2) is 9.25. The van der Waals surface area contributed by atoms with E-state index in [0.29, 0.717) is 12.8 Å². The minimum Gasteiger partial charge on any atom is -0.469 e. The summed E-state index contributed by atoms with van der Waals surface area (Å²) < 4.78 is 20.8. The SMILES string of the molecule is COC(=O)CCCC(=O)OS(=O)CCc1ccccc1. The van der Waals surface area contributed by atoms with Crippen LogP contribution in [0.1, 0.15) is 24.8 Å². The molecule has 1 aromatic carbocycles. The van der Waals surface area contributed by atoms with E-state index in [4.69, 9.17) is 4.18 Å². The van der Waals surface area contributed by atoms with Crippen LogP contribution < -0.4 is 0 Å². The number of esters is 1. The van der Waals surface area contributed by atoms with Crippen molar-refractivity contribution in [2.75, 3.05) is 12.9 Å². The highest BCUT2D eigenvalue weighted by Gasteiger charge is 2.10. The van der Waals surface area contributed by atoms with Crippen LogP contribution in [0.25, 0.3) is 0 Å². The van der Waals surface area contributed by atoms with Crippen LogP contribution in [0.5, 0.6) is 0 Å². The zero-order valence-corrected chi connectivity index (χ0v) is 12.2. The minimum atomic E-state index is -1.63. The highest BCUT2D eigenvalue weighted by molar-refractivity contribution is 7.80. The summed E-state index contributed by atoms with van der Waals surface area (Å²) in [6.07, 6.45) is 1.14.